The fraction of sp³-hybridized carbons (Fsp3) is 0.739. The maximum atomic E-state index is 13.2. The largest absolute Gasteiger partial charge is 0.467 e. The van der Waals surface area contributed by atoms with E-state index in [0.29, 0.717) is 25.4 Å². The molecule has 1 aromatic rings. The van der Waals surface area contributed by atoms with Crippen LogP contribution >= 0.6 is 0 Å². The van der Waals surface area contributed by atoms with Crippen molar-refractivity contribution in [3.8, 4) is 0 Å². The quantitative estimate of drug-likeness (QED) is 0.598. The average molecular weight is 403 g/mol. The van der Waals surface area contributed by atoms with Crippen molar-refractivity contribution in [1.82, 2.24) is 9.80 Å². The number of carbonyl (C=O) groups excluding carboxylic acids is 2. The molecule has 3 aliphatic rings. The molecule has 1 atom stereocenters. The Balaban J connectivity index is 1.35. The van der Waals surface area contributed by atoms with Crippen LogP contribution in [0.3, 0.4) is 0 Å². The minimum atomic E-state index is -0.00184. The van der Waals surface area contributed by atoms with E-state index in [0.717, 1.165) is 44.5 Å². The molecule has 6 heteroatoms. The van der Waals surface area contributed by atoms with Crippen LogP contribution in [0, 0.1) is 5.92 Å². The highest BCUT2D eigenvalue weighted by molar-refractivity contribution is 5.85. The third-order valence-electron chi connectivity index (χ3n) is 6.58. The third-order valence-corrected chi connectivity index (χ3v) is 6.58. The summed E-state index contributed by atoms with van der Waals surface area (Å²) in [7, 11) is 0. The highest BCUT2D eigenvalue weighted by Crippen LogP contribution is 2.31. The second-order valence-corrected chi connectivity index (χ2v) is 8.93. The van der Waals surface area contributed by atoms with E-state index < -0.39 is 0 Å². The zero-order valence-electron chi connectivity index (χ0n) is 17.4. The van der Waals surface area contributed by atoms with Crippen molar-refractivity contribution in [2.24, 2.45) is 5.92 Å². The first-order valence-corrected chi connectivity index (χ1v) is 11.4. The number of furan rings is 1. The predicted molar refractivity (Wildman–Crippen MR) is 109 cm³/mol. The molecular weight excluding hydrogens is 368 g/mol. The Morgan fingerprint density at radius 2 is 1.86 bits per heavy atom. The zero-order chi connectivity index (χ0) is 20.1. The minimum Gasteiger partial charge on any atom is -0.467 e. The van der Waals surface area contributed by atoms with Gasteiger partial charge in [-0.05, 0) is 50.2 Å². The van der Waals surface area contributed by atoms with Crippen LogP contribution in [0.2, 0.25) is 0 Å². The van der Waals surface area contributed by atoms with E-state index >= 15 is 0 Å². The van der Waals surface area contributed by atoms with Gasteiger partial charge >= 0.3 is 0 Å². The summed E-state index contributed by atoms with van der Waals surface area (Å²) < 4.78 is 11.2. The third kappa shape index (κ3) is 5.84. The summed E-state index contributed by atoms with van der Waals surface area (Å²) in [5.74, 6) is 1.62. The van der Waals surface area contributed by atoms with E-state index in [1.165, 1.54) is 25.7 Å². The molecule has 0 N–H and O–H groups in total. The smallest absolute Gasteiger partial charge is 0.242 e. The molecule has 0 aromatic carbocycles. The van der Waals surface area contributed by atoms with Crippen LogP contribution in [0.5, 0.6) is 0 Å². The molecule has 6 nitrogen and oxygen atoms in total. The number of hydrogen-bond donors (Lipinski definition) is 0. The van der Waals surface area contributed by atoms with Crippen molar-refractivity contribution in [1.29, 1.82) is 0 Å². The maximum Gasteiger partial charge on any atom is 0.242 e. The van der Waals surface area contributed by atoms with E-state index in [1.54, 1.807) is 6.26 Å². The molecule has 2 amide bonds. The van der Waals surface area contributed by atoms with Crippen molar-refractivity contribution in [3.63, 3.8) is 0 Å². The Hall–Kier alpha value is -1.82. The van der Waals surface area contributed by atoms with Gasteiger partial charge in [-0.1, -0.05) is 25.7 Å². The summed E-state index contributed by atoms with van der Waals surface area (Å²) >= 11 is 0. The lowest BCUT2D eigenvalue weighted by Gasteiger charge is -2.29. The van der Waals surface area contributed by atoms with Crippen molar-refractivity contribution >= 4 is 11.8 Å². The second kappa shape index (κ2) is 9.79. The number of rotatable bonds is 10. The molecule has 4 rings (SSSR count). The molecule has 1 saturated heterocycles. The fourth-order valence-electron chi connectivity index (χ4n) is 4.70. The molecule has 2 saturated carbocycles. The highest BCUT2D eigenvalue weighted by atomic mass is 16.5. The van der Waals surface area contributed by atoms with Gasteiger partial charge in [-0.2, -0.15) is 0 Å². The Morgan fingerprint density at radius 1 is 1.03 bits per heavy atom. The topological polar surface area (TPSA) is 63.0 Å². The lowest BCUT2D eigenvalue weighted by atomic mass is 10.0. The first-order valence-electron chi connectivity index (χ1n) is 11.4. The first-order chi connectivity index (χ1) is 14.2. The monoisotopic (exact) mass is 402 g/mol. The van der Waals surface area contributed by atoms with Crippen LogP contribution in [-0.4, -0.2) is 53.5 Å². The molecule has 1 aromatic heterocycles. The first kappa shape index (κ1) is 20.5. The molecule has 1 unspecified atom stereocenters. The highest BCUT2D eigenvalue weighted by Gasteiger charge is 2.35. The molecule has 2 heterocycles. The Bertz CT molecular complexity index is 658. The molecule has 2 aliphatic carbocycles. The normalized spacial score (nSPS) is 22.1. The number of hydrogen-bond acceptors (Lipinski definition) is 4. The van der Waals surface area contributed by atoms with Crippen LogP contribution in [0.1, 0.15) is 70.0 Å². The summed E-state index contributed by atoms with van der Waals surface area (Å²) in [6.45, 7) is 1.94. The lowest BCUT2D eigenvalue weighted by molar-refractivity contribution is -0.142. The van der Waals surface area contributed by atoms with Gasteiger partial charge in [0.2, 0.25) is 11.8 Å². The van der Waals surface area contributed by atoms with E-state index in [2.05, 4.69) is 0 Å². The van der Waals surface area contributed by atoms with Crippen LogP contribution in [0.25, 0.3) is 0 Å². The van der Waals surface area contributed by atoms with E-state index in [4.69, 9.17) is 9.15 Å². The SMILES string of the molecule is O=C(CN(C(=O)CCC1CCCC1)C1CC1)N(Cc1ccco1)CC1CCCO1. The van der Waals surface area contributed by atoms with Gasteiger partial charge < -0.3 is 19.0 Å². The molecule has 3 fully saturated rings. The van der Waals surface area contributed by atoms with Gasteiger partial charge in [0, 0.05) is 25.6 Å². The number of nitrogens with zero attached hydrogens (tertiary/aromatic N) is 2. The van der Waals surface area contributed by atoms with Crippen molar-refractivity contribution < 1.29 is 18.7 Å². The van der Waals surface area contributed by atoms with Crippen LogP contribution in [-0.2, 0) is 20.9 Å². The summed E-state index contributed by atoms with van der Waals surface area (Å²) in [4.78, 5) is 29.8. The van der Waals surface area contributed by atoms with E-state index in [-0.39, 0.29) is 30.5 Å². The molecule has 0 bridgehead atoms. The predicted octanol–water partition coefficient (Wildman–Crippen LogP) is 3.75. The zero-order valence-corrected chi connectivity index (χ0v) is 17.4. The Kier molecular flexibility index (Phi) is 6.90. The number of amides is 2. The number of carbonyl (C=O) groups is 2. The Labute approximate surface area is 173 Å². The number of ether oxygens (including phenoxy) is 1. The molecular formula is C23H34N2O4. The molecule has 0 spiro atoms. The Morgan fingerprint density at radius 3 is 2.52 bits per heavy atom. The molecule has 160 valence electrons. The van der Waals surface area contributed by atoms with Crippen molar-refractivity contribution in [2.75, 3.05) is 19.7 Å². The van der Waals surface area contributed by atoms with Gasteiger partial charge in [0.05, 0.1) is 18.9 Å². The minimum absolute atomic E-state index is 0.00184. The molecule has 1 aliphatic heterocycles. The van der Waals surface area contributed by atoms with Gasteiger partial charge in [0.15, 0.2) is 0 Å². The average Bonchev–Trinajstić information content (AvgIpc) is 3.16. The van der Waals surface area contributed by atoms with Gasteiger partial charge in [-0.15, -0.1) is 0 Å². The van der Waals surface area contributed by atoms with Gasteiger partial charge in [-0.3, -0.25) is 9.59 Å². The summed E-state index contributed by atoms with van der Waals surface area (Å²) in [6, 6.07) is 3.98. The van der Waals surface area contributed by atoms with E-state index in [9.17, 15) is 9.59 Å². The van der Waals surface area contributed by atoms with Crippen LogP contribution < -0.4 is 0 Å². The molecule has 0 radical (unpaired) electrons. The van der Waals surface area contributed by atoms with Gasteiger partial charge in [0.25, 0.3) is 0 Å². The van der Waals surface area contributed by atoms with Crippen molar-refractivity contribution in [2.45, 2.75) is 82.9 Å². The van der Waals surface area contributed by atoms with Crippen LogP contribution in [0.4, 0.5) is 0 Å². The summed E-state index contributed by atoms with van der Waals surface area (Å²) in [6.07, 6.45) is 12.5. The second-order valence-electron chi connectivity index (χ2n) is 8.93. The van der Waals surface area contributed by atoms with E-state index in [1.807, 2.05) is 21.9 Å². The summed E-state index contributed by atoms with van der Waals surface area (Å²) in [5.41, 5.74) is 0. The fourth-order valence-corrected chi connectivity index (χ4v) is 4.70. The van der Waals surface area contributed by atoms with Gasteiger partial charge in [-0.25, -0.2) is 0 Å². The maximum absolute atomic E-state index is 13.2. The van der Waals surface area contributed by atoms with Crippen LogP contribution in [0.15, 0.2) is 22.8 Å². The lowest BCUT2D eigenvalue weighted by Crippen LogP contribution is -2.45. The van der Waals surface area contributed by atoms with Gasteiger partial charge in [0.1, 0.15) is 12.3 Å². The summed E-state index contributed by atoms with van der Waals surface area (Å²) in [5, 5.41) is 0. The standard InChI is InChI=1S/C23H34N2O4/c26-22(12-9-18-5-1-2-6-18)25(19-10-11-19)17-23(27)24(15-20-7-3-13-28-20)16-21-8-4-14-29-21/h3,7,13,18-19,21H,1-2,4-6,8-12,14-17H2. The van der Waals surface area contributed by atoms with Crippen molar-refractivity contribution in [3.05, 3.63) is 24.2 Å². The molecule has 29 heavy (non-hydrogen) atoms.